The molecule has 1 fully saturated rings. The molecule has 0 aromatic heterocycles. The highest BCUT2D eigenvalue weighted by Gasteiger charge is 2.43. The second-order valence-corrected chi connectivity index (χ2v) is 3.53. The maximum absolute atomic E-state index is 11.6. The van der Waals surface area contributed by atoms with E-state index >= 15 is 0 Å². The van der Waals surface area contributed by atoms with Crippen molar-refractivity contribution < 1.29 is 23.9 Å². The average Bonchev–Trinajstić information content (AvgIpc) is 2.16. The van der Waals surface area contributed by atoms with E-state index in [4.69, 9.17) is 0 Å². The van der Waals surface area contributed by atoms with E-state index < -0.39 is 35.2 Å². The van der Waals surface area contributed by atoms with Gasteiger partial charge in [0.05, 0.1) is 7.11 Å². The van der Waals surface area contributed by atoms with Crippen LogP contribution in [0.3, 0.4) is 0 Å². The second kappa shape index (κ2) is 4.33. The number of carbonyl (C=O) groups excluding carboxylic acids is 4. The van der Waals surface area contributed by atoms with Crippen LogP contribution in [0.25, 0.3) is 0 Å². The molecular weight excluding hydrogens is 200 g/mol. The number of hydrogen-bond acceptors (Lipinski definition) is 5. The van der Waals surface area contributed by atoms with Crippen molar-refractivity contribution in [2.24, 2.45) is 11.8 Å². The van der Waals surface area contributed by atoms with Crippen LogP contribution in [0.15, 0.2) is 0 Å². The fraction of sp³-hybridized carbons (Fsp3) is 0.600. The summed E-state index contributed by atoms with van der Waals surface area (Å²) in [6.45, 7) is 1.18. The molecule has 0 amide bonds. The average molecular weight is 212 g/mol. The summed E-state index contributed by atoms with van der Waals surface area (Å²) >= 11 is 0. The number of hydrogen-bond donors (Lipinski definition) is 0. The maximum atomic E-state index is 11.6. The van der Waals surface area contributed by atoms with Crippen molar-refractivity contribution in [2.75, 3.05) is 7.11 Å². The number of carbonyl (C=O) groups is 4. The van der Waals surface area contributed by atoms with Gasteiger partial charge in [0.25, 0.3) is 0 Å². The first-order valence-electron chi connectivity index (χ1n) is 4.63. The zero-order valence-corrected chi connectivity index (χ0v) is 8.61. The van der Waals surface area contributed by atoms with Crippen LogP contribution in [0.2, 0.25) is 0 Å². The van der Waals surface area contributed by atoms with Gasteiger partial charge in [-0.2, -0.15) is 0 Å². The number of esters is 1. The van der Waals surface area contributed by atoms with Crippen LogP contribution in [-0.4, -0.2) is 30.4 Å². The minimum atomic E-state index is -1.26. The van der Waals surface area contributed by atoms with Gasteiger partial charge in [-0.25, -0.2) is 0 Å². The molecule has 0 bridgehead atoms. The van der Waals surface area contributed by atoms with Crippen molar-refractivity contribution in [2.45, 2.75) is 19.8 Å². The van der Waals surface area contributed by atoms with Crippen LogP contribution >= 0.6 is 0 Å². The van der Waals surface area contributed by atoms with Crippen molar-refractivity contribution in [3.05, 3.63) is 0 Å². The molecule has 0 spiro atoms. The highest BCUT2D eigenvalue weighted by molar-refractivity contribution is 6.23. The van der Waals surface area contributed by atoms with E-state index in [1.807, 2.05) is 0 Å². The first-order valence-corrected chi connectivity index (χ1v) is 4.63. The molecule has 0 N–H and O–H groups in total. The first kappa shape index (κ1) is 11.6. The Morgan fingerprint density at radius 3 is 2.40 bits per heavy atom. The summed E-state index contributed by atoms with van der Waals surface area (Å²) in [7, 11) is 1.18. The van der Waals surface area contributed by atoms with Gasteiger partial charge in [-0.15, -0.1) is 0 Å². The van der Waals surface area contributed by atoms with Crippen molar-refractivity contribution >= 4 is 23.3 Å². The zero-order chi connectivity index (χ0) is 11.6. The lowest BCUT2D eigenvalue weighted by Crippen LogP contribution is -2.42. The van der Waals surface area contributed by atoms with Crippen molar-refractivity contribution in [1.29, 1.82) is 0 Å². The standard InChI is InChI=1S/C10H12O5/c1-5(11)8-7(12)4-3-6(9(8)13)10(14)15-2/h6,8H,3-4H2,1-2H3/t6-,8+/m0/s1. The van der Waals surface area contributed by atoms with Gasteiger partial charge in [-0.05, 0) is 13.3 Å². The number of ketones is 3. The molecule has 1 aliphatic rings. The van der Waals surface area contributed by atoms with Crippen molar-refractivity contribution in [1.82, 2.24) is 0 Å². The van der Waals surface area contributed by atoms with Gasteiger partial charge in [0, 0.05) is 6.42 Å². The van der Waals surface area contributed by atoms with Crippen molar-refractivity contribution in [3.8, 4) is 0 Å². The fourth-order valence-electron chi connectivity index (χ4n) is 1.74. The van der Waals surface area contributed by atoms with Gasteiger partial charge in [-0.3, -0.25) is 19.2 Å². The molecule has 0 unspecified atom stereocenters. The lowest BCUT2D eigenvalue weighted by molar-refractivity contribution is -0.154. The molecule has 1 rings (SSSR count). The highest BCUT2D eigenvalue weighted by atomic mass is 16.5. The molecule has 15 heavy (non-hydrogen) atoms. The molecule has 2 atom stereocenters. The Morgan fingerprint density at radius 2 is 1.93 bits per heavy atom. The van der Waals surface area contributed by atoms with E-state index in [1.54, 1.807) is 0 Å². The summed E-state index contributed by atoms with van der Waals surface area (Å²) < 4.78 is 4.44. The summed E-state index contributed by atoms with van der Waals surface area (Å²) in [6.07, 6.45) is 0.226. The molecule has 0 aromatic rings. The van der Waals surface area contributed by atoms with Gasteiger partial charge >= 0.3 is 5.97 Å². The van der Waals surface area contributed by atoms with Gasteiger partial charge in [-0.1, -0.05) is 0 Å². The molecule has 0 aliphatic heterocycles. The van der Waals surface area contributed by atoms with Gasteiger partial charge in [0.15, 0.2) is 11.6 Å². The number of methoxy groups -OCH3 is 1. The number of rotatable bonds is 2. The largest absolute Gasteiger partial charge is 0.468 e. The summed E-state index contributed by atoms with van der Waals surface area (Å²) in [5.41, 5.74) is 0. The zero-order valence-electron chi connectivity index (χ0n) is 8.61. The molecule has 82 valence electrons. The summed E-state index contributed by atoms with van der Waals surface area (Å²) in [4.78, 5) is 45.2. The molecule has 1 saturated carbocycles. The third-order valence-electron chi connectivity index (χ3n) is 2.52. The molecule has 0 aromatic carbocycles. The fourth-order valence-corrected chi connectivity index (χ4v) is 1.74. The molecule has 0 saturated heterocycles. The minimum Gasteiger partial charge on any atom is -0.468 e. The first-order chi connectivity index (χ1) is 6.99. The topological polar surface area (TPSA) is 77.5 Å². The van der Waals surface area contributed by atoms with Crippen LogP contribution in [0.5, 0.6) is 0 Å². The summed E-state index contributed by atoms with van der Waals surface area (Å²) in [6, 6.07) is 0. The SMILES string of the molecule is COC(=O)[C@H]1CCC(=O)[C@@H](C(C)=O)C1=O. The van der Waals surface area contributed by atoms with E-state index in [1.165, 1.54) is 14.0 Å². The van der Waals surface area contributed by atoms with Gasteiger partial charge in [0.2, 0.25) is 0 Å². The number of ether oxygens (including phenoxy) is 1. The summed E-state index contributed by atoms with van der Waals surface area (Å²) in [5, 5.41) is 0. The van der Waals surface area contributed by atoms with Crippen LogP contribution < -0.4 is 0 Å². The monoisotopic (exact) mass is 212 g/mol. The quantitative estimate of drug-likeness (QED) is 0.472. The molecule has 5 nitrogen and oxygen atoms in total. The number of Topliss-reactive ketones (excluding diaryl/α,β-unsaturated/α-hetero) is 3. The van der Waals surface area contributed by atoms with Crippen LogP contribution in [0.1, 0.15) is 19.8 Å². The second-order valence-electron chi connectivity index (χ2n) is 3.53. The molecule has 0 heterocycles. The normalized spacial score (nSPS) is 26.3. The van der Waals surface area contributed by atoms with E-state index in [0.29, 0.717) is 0 Å². The summed E-state index contributed by atoms with van der Waals surface area (Å²) in [5.74, 6) is -4.40. The lowest BCUT2D eigenvalue weighted by Gasteiger charge is -2.23. The predicted molar refractivity (Wildman–Crippen MR) is 48.9 cm³/mol. The van der Waals surface area contributed by atoms with E-state index in [2.05, 4.69) is 4.74 Å². The van der Waals surface area contributed by atoms with E-state index in [9.17, 15) is 19.2 Å². The third kappa shape index (κ3) is 2.11. The molecule has 5 heteroatoms. The van der Waals surface area contributed by atoms with Gasteiger partial charge in [0.1, 0.15) is 17.6 Å². The van der Waals surface area contributed by atoms with Crippen molar-refractivity contribution in [3.63, 3.8) is 0 Å². The predicted octanol–water partition coefficient (Wildman–Crippen LogP) is -0.0872. The molecule has 0 radical (unpaired) electrons. The van der Waals surface area contributed by atoms with Crippen LogP contribution in [0, 0.1) is 11.8 Å². The Morgan fingerprint density at radius 1 is 1.33 bits per heavy atom. The lowest BCUT2D eigenvalue weighted by atomic mass is 9.77. The smallest absolute Gasteiger partial charge is 0.316 e. The van der Waals surface area contributed by atoms with Gasteiger partial charge < -0.3 is 4.74 Å². The Bertz CT molecular complexity index is 331. The van der Waals surface area contributed by atoms with Crippen LogP contribution in [0.4, 0.5) is 0 Å². The van der Waals surface area contributed by atoms with E-state index in [0.717, 1.165) is 0 Å². The highest BCUT2D eigenvalue weighted by Crippen LogP contribution is 2.24. The third-order valence-corrected chi connectivity index (χ3v) is 2.52. The molecular formula is C10H12O5. The Labute approximate surface area is 86.8 Å². The van der Waals surface area contributed by atoms with E-state index in [-0.39, 0.29) is 12.8 Å². The van der Waals surface area contributed by atoms with Crippen LogP contribution in [-0.2, 0) is 23.9 Å². The Hall–Kier alpha value is -1.52. The minimum absolute atomic E-state index is 0.0791. The Kier molecular flexibility index (Phi) is 3.34. The maximum Gasteiger partial charge on any atom is 0.316 e. The molecule has 1 aliphatic carbocycles. The Balaban J connectivity index is 2.91.